The van der Waals surface area contributed by atoms with Crippen LogP contribution in [0.4, 0.5) is 0 Å². The molecule has 28 heavy (non-hydrogen) atoms. The number of hydrogen-bond donors (Lipinski definition) is 2. The van der Waals surface area contributed by atoms with Crippen LogP contribution in [-0.4, -0.2) is 54.5 Å². The molecule has 0 unspecified atom stereocenters. The maximum Gasteiger partial charge on any atom is 0.191 e. The molecule has 0 saturated carbocycles. The second-order valence-corrected chi connectivity index (χ2v) is 8.60. The summed E-state index contributed by atoms with van der Waals surface area (Å²) < 4.78 is 26.5. The zero-order chi connectivity index (χ0) is 20.2. The second kappa shape index (κ2) is 11.4. The van der Waals surface area contributed by atoms with Gasteiger partial charge in [-0.15, -0.1) is 10.2 Å². The molecule has 0 atom stereocenters. The zero-order valence-electron chi connectivity index (χ0n) is 16.6. The first-order valence-corrected chi connectivity index (χ1v) is 11.5. The molecule has 0 saturated heterocycles. The van der Waals surface area contributed by atoms with Gasteiger partial charge >= 0.3 is 0 Å². The van der Waals surface area contributed by atoms with Crippen molar-refractivity contribution in [3.63, 3.8) is 0 Å². The summed E-state index contributed by atoms with van der Waals surface area (Å²) in [5, 5.41) is 14.4. The van der Waals surface area contributed by atoms with Crippen LogP contribution in [0.2, 0.25) is 0 Å². The molecule has 0 aliphatic heterocycles. The van der Waals surface area contributed by atoms with E-state index < -0.39 is 9.84 Å². The highest BCUT2D eigenvalue weighted by atomic mass is 32.2. The first-order chi connectivity index (χ1) is 13.5. The predicted molar refractivity (Wildman–Crippen MR) is 112 cm³/mol. The van der Waals surface area contributed by atoms with Crippen molar-refractivity contribution in [3.8, 4) is 0 Å². The van der Waals surface area contributed by atoms with E-state index in [1.165, 1.54) is 0 Å². The third kappa shape index (κ3) is 7.67. The van der Waals surface area contributed by atoms with Crippen LogP contribution in [0, 0.1) is 0 Å². The van der Waals surface area contributed by atoms with Gasteiger partial charge in [0, 0.05) is 32.6 Å². The summed E-state index contributed by atoms with van der Waals surface area (Å²) in [6, 6.07) is 9.26. The SMILES string of the molecule is CCNC(=NCCCS(=O)(=O)Cc1ccccc1)NCCn1cnnc1CC. The summed E-state index contributed by atoms with van der Waals surface area (Å²) >= 11 is 0. The van der Waals surface area contributed by atoms with E-state index in [0.717, 1.165) is 30.9 Å². The lowest BCUT2D eigenvalue weighted by molar-refractivity contribution is 0.592. The molecular formula is C19H30N6O2S. The first kappa shape index (κ1) is 21.9. The van der Waals surface area contributed by atoms with Gasteiger partial charge in [0.15, 0.2) is 15.8 Å². The van der Waals surface area contributed by atoms with Crippen LogP contribution in [0.25, 0.3) is 0 Å². The molecule has 2 N–H and O–H groups in total. The van der Waals surface area contributed by atoms with Crippen molar-refractivity contribution >= 4 is 15.8 Å². The Morgan fingerprint density at radius 2 is 1.96 bits per heavy atom. The number of aromatic nitrogens is 3. The summed E-state index contributed by atoms with van der Waals surface area (Å²) in [6.07, 6.45) is 3.06. The standard InChI is InChI=1S/C19H30N6O2S/c1-3-18-24-23-16-25(18)13-12-22-19(20-4-2)21-11-8-14-28(26,27)15-17-9-6-5-7-10-17/h5-7,9-10,16H,3-4,8,11-15H2,1-2H3,(H2,20,21,22). The summed E-state index contributed by atoms with van der Waals surface area (Å²) in [5.41, 5.74) is 0.821. The highest BCUT2D eigenvalue weighted by Crippen LogP contribution is 2.07. The topological polar surface area (TPSA) is 101 Å². The summed E-state index contributed by atoms with van der Waals surface area (Å²) in [4.78, 5) is 4.47. The van der Waals surface area contributed by atoms with Gasteiger partial charge in [0.05, 0.1) is 11.5 Å². The third-order valence-corrected chi connectivity index (χ3v) is 5.80. The van der Waals surface area contributed by atoms with Crippen LogP contribution in [0.1, 0.15) is 31.7 Å². The van der Waals surface area contributed by atoms with Crippen molar-refractivity contribution in [2.45, 2.75) is 39.0 Å². The number of guanidine groups is 1. The van der Waals surface area contributed by atoms with E-state index in [0.29, 0.717) is 25.5 Å². The Bertz CT molecular complexity index is 833. The van der Waals surface area contributed by atoms with Crippen molar-refractivity contribution in [2.24, 2.45) is 4.99 Å². The Morgan fingerprint density at radius 3 is 2.68 bits per heavy atom. The van der Waals surface area contributed by atoms with Gasteiger partial charge in [-0.2, -0.15) is 0 Å². The minimum absolute atomic E-state index is 0.0780. The molecule has 0 fully saturated rings. The number of hydrogen-bond acceptors (Lipinski definition) is 5. The Labute approximate surface area is 167 Å². The van der Waals surface area contributed by atoms with Crippen LogP contribution < -0.4 is 10.6 Å². The van der Waals surface area contributed by atoms with Crippen LogP contribution >= 0.6 is 0 Å². The Morgan fingerprint density at radius 1 is 1.18 bits per heavy atom. The van der Waals surface area contributed by atoms with E-state index in [9.17, 15) is 8.42 Å². The third-order valence-electron chi connectivity index (χ3n) is 4.11. The molecule has 2 rings (SSSR count). The molecule has 8 nitrogen and oxygen atoms in total. The fourth-order valence-electron chi connectivity index (χ4n) is 2.75. The van der Waals surface area contributed by atoms with Crippen LogP contribution in [0.5, 0.6) is 0 Å². The van der Waals surface area contributed by atoms with E-state index in [2.05, 4.69) is 25.8 Å². The highest BCUT2D eigenvalue weighted by molar-refractivity contribution is 7.90. The number of nitrogens with zero attached hydrogens (tertiary/aromatic N) is 4. The lowest BCUT2D eigenvalue weighted by Gasteiger charge is -2.12. The lowest BCUT2D eigenvalue weighted by atomic mass is 10.2. The number of aliphatic imine (C=N–C) groups is 1. The molecule has 2 aromatic rings. The van der Waals surface area contributed by atoms with E-state index in [1.807, 2.05) is 48.7 Å². The van der Waals surface area contributed by atoms with E-state index >= 15 is 0 Å². The minimum Gasteiger partial charge on any atom is -0.357 e. The molecule has 0 amide bonds. The van der Waals surface area contributed by atoms with Crippen molar-refractivity contribution in [1.82, 2.24) is 25.4 Å². The van der Waals surface area contributed by atoms with E-state index in [1.54, 1.807) is 6.33 Å². The van der Waals surface area contributed by atoms with Gasteiger partial charge in [-0.05, 0) is 18.9 Å². The van der Waals surface area contributed by atoms with Crippen LogP contribution in [0.3, 0.4) is 0 Å². The van der Waals surface area contributed by atoms with E-state index in [4.69, 9.17) is 0 Å². The molecule has 9 heteroatoms. The largest absolute Gasteiger partial charge is 0.357 e. The van der Waals surface area contributed by atoms with Gasteiger partial charge in [-0.1, -0.05) is 37.3 Å². The number of sulfone groups is 1. The number of benzene rings is 1. The van der Waals surface area contributed by atoms with Gasteiger partial charge in [0.25, 0.3) is 0 Å². The van der Waals surface area contributed by atoms with E-state index in [-0.39, 0.29) is 11.5 Å². The Balaban J connectivity index is 1.77. The average molecular weight is 407 g/mol. The fourth-order valence-corrected chi connectivity index (χ4v) is 4.17. The fraction of sp³-hybridized carbons (Fsp3) is 0.526. The van der Waals surface area contributed by atoms with Gasteiger partial charge in [-0.3, -0.25) is 4.99 Å². The second-order valence-electron chi connectivity index (χ2n) is 6.41. The maximum atomic E-state index is 12.2. The van der Waals surface area contributed by atoms with Crippen molar-refractivity contribution in [3.05, 3.63) is 48.0 Å². The molecule has 0 spiro atoms. The Hall–Kier alpha value is -2.42. The van der Waals surface area contributed by atoms with Crippen LogP contribution in [-0.2, 0) is 28.6 Å². The first-order valence-electron chi connectivity index (χ1n) is 9.67. The van der Waals surface area contributed by atoms with Crippen molar-refractivity contribution < 1.29 is 8.42 Å². The summed E-state index contributed by atoms with van der Waals surface area (Å²) in [5.74, 6) is 1.85. The van der Waals surface area contributed by atoms with Gasteiger partial charge in [0.1, 0.15) is 12.2 Å². The normalized spacial score (nSPS) is 12.1. The molecule has 1 aromatic carbocycles. The monoisotopic (exact) mass is 406 g/mol. The highest BCUT2D eigenvalue weighted by Gasteiger charge is 2.11. The van der Waals surface area contributed by atoms with Crippen molar-refractivity contribution in [2.75, 3.05) is 25.4 Å². The molecule has 1 heterocycles. The Kier molecular flexibility index (Phi) is 8.93. The summed E-state index contributed by atoms with van der Waals surface area (Å²) in [7, 11) is -3.13. The quantitative estimate of drug-likeness (QED) is 0.332. The van der Waals surface area contributed by atoms with Gasteiger partial charge in [-0.25, -0.2) is 8.42 Å². The zero-order valence-corrected chi connectivity index (χ0v) is 17.5. The molecule has 0 aliphatic rings. The number of nitrogens with one attached hydrogen (secondary N) is 2. The number of aryl methyl sites for hydroxylation is 1. The molecule has 1 aromatic heterocycles. The smallest absolute Gasteiger partial charge is 0.191 e. The average Bonchev–Trinajstić information content (AvgIpc) is 3.13. The van der Waals surface area contributed by atoms with Crippen molar-refractivity contribution in [1.29, 1.82) is 0 Å². The molecule has 0 bridgehead atoms. The van der Waals surface area contributed by atoms with Gasteiger partial charge < -0.3 is 15.2 Å². The molecule has 154 valence electrons. The van der Waals surface area contributed by atoms with Crippen LogP contribution in [0.15, 0.2) is 41.7 Å². The summed E-state index contributed by atoms with van der Waals surface area (Å²) in [6.45, 7) is 6.66. The van der Waals surface area contributed by atoms with Gasteiger partial charge in [0.2, 0.25) is 0 Å². The lowest BCUT2D eigenvalue weighted by Crippen LogP contribution is -2.39. The molecule has 0 aliphatic carbocycles. The molecular weight excluding hydrogens is 376 g/mol. The number of rotatable bonds is 11. The minimum atomic E-state index is -3.13. The predicted octanol–water partition coefficient (Wildman–Crippen LogP) is 1.40. The molecule has 0 radical (unpaired) electrons. The maximum absolute atomic E-state index is 12.2.